The fourth-order valence-electron chi connectivity index (χ4n) is 3.63. The van der Waals surface area contributed by atoms with Crippen LogP contribution in [0.15, 0.2) is 76.2 Å². The molecule has 0 aliphatic carbocycles. The van der Waals surface area contributed by atoms with Crippen LogP contribution in [-0.4, -0.2) is 36.8 Å². The van der Waals surface area contributed by atoms with E-state index in [1.54, 1.807) is 34.6 Å². The monoisotopic (exact) mass is 466 g/mol. The Morgan fingerprint density at radius 2 is 1.70 bits per heavy atom. The van der Waals surface area contributed by atoms with Gasteiger partial charge in [-0.1, -0.05) is 43.2 Å². The van der Waals surface area contributed by atoms with Gasteiger partial charge in [-0.05, 0) is 48.7 Å². The fourth-order valence-corrected chi connectivity index (χ4v) is 5.14. The van der Waals surface area contributed by atoms with E-state index in [0.717, 1.165) is 31.2 Å². The number of oxazole rings is 1. The average Bonchev–Trinajstić information content (AvgIpc) is 3.14. The quantitative estimate of drug-likeness (QED) is 0.372. The molecule has 7 nitrogen and oxygen atoms in total. The van der Waals surface area contributed by atoms with Gasteiger partial charge >= 0.3 is 5.97 Å². The second-order valence-corrected chi connectivity index (χ2v) is 9.78. The van der Waals surface area contributed by atoms with Crippen LogP contribution in [0.1, 0.15) is 36.9 Å². The van der Waals surface area contributed by atoms with E-state index in [-0.39, 0.29) is 11.5 Å². The van der Waals surface area contributed by atoms with Gasteiger partial charge in [-0.25, -0.2) is 18.2 Å². The Kier molecular flexibility index (Phi) is 7.36. The van der Waals surface area contributed by atoms with Crippen LogP contribution in [0.4, 0.5) is 0 Å². The van der Waals surface area contributed by atoms with Crippen molar-refractivity contribution < 1.29 is 22.4 Å². The van der Waals surface area contributed by atoms with Crippen molar-refractivity contribution in [2.75, 3.05) is 13.1 Å². The van der Waals surface area contributed by atoms with Crippen LogP contribution in [0, 0.1) is 0 Å². The Hall–Kier alpha value is -3.23. The van der Waals surface area contributed by atoms with E-state index in [9.17, 15) is 13.2 Å². The van der Waals surface area contributed by atoms with Crippen LogP contribution in [0.5, 0.6) is 0 Å². The maximum Gasteiger partial charge on any atom is 0.331 e. The molecule has 33 heavy (non-hydrogen) atoms. The third-order valence-electron chi connectivity index (χ3n) is 5.43. The van der Waals surface area contributed by atoms with E-state index in [0.29, 0.717) is 30.2 Å². The second-order valence-electron chi connectivity index (χ2n) is 7.84. The largest absolute Gasteiger partial charge is 0.456 e. The molecular weight excluding hydrogens is 440 g/mol. The Morgan fingerprint density at radius 3 is 2.39 bits per heavy atom. The molecule has 4 rings (SSSR count). The first-order valence-corrected chi connectivity index (χ1v) is 12.4. The van der Waals surface area contributed by atoms with Crippen LogP contribution in [0.3, 0.4) is 0 Å². The highest BCUT2D eigenvalue weighted by molar-refractivity contribution is 7.89. The Morgan fingerprint density at radius 1 is 1.00 bits per heavy atom. The minimum absolute atomic E-state index is 0.00742. The lowest BCUT2D eigenvalue weighted by Gasteiger charge is -2.19. The molecule has 172 valence electrons. The Labute approximate surface area is 193 Å². The number of ether oxygens (including phenoxy) is 1. The molecule has 1 aromatic heterocycles. The topological polar surface area (TPSA) is 89.7 Å². The molecule has 0 N–H and O–H groups in total. The third-order valence-corrected chi connectivity index (χ3v) is 7.34. The Balaban J connectivity index is 1.31. The molecule has 0 radical (unpaired) electrons. The van der Waals surface area contributed by atoms with E-state index < -0.39 is 16.0 Å². The SMILES string of the molecule is O=C(/C=C/c1ccc(S(=O)(=O)N2CCCCCC2)cc1)OCc1coc(-c2ccccc2)n1. The van der Waals surface area contributed by atoms with Gasteiger partial charge < -0.3 is 9.15 Å². The lowest BCUT2D eigenvalue weighted by atomic mass is 10.2. The van der Waals surface area contributed by atoms with E-state index in [1.165, 1.54) is 12.3 Å². The van der Waals surface area contributed by atoms with Crippen LogP contribution in [-0.2, 0) is 26.2 Å². The van der Waals surface area contributed by atoms with E-state index in [1.807, 2.05) is 30.3 Å². The number of aromatic nitrogens is 1. The number of hydrogen-bond acceptors (Lipinski definition) is 6. The molecule has 0 unspecified atom stereocenters. The van der Waals surface area contributed by atoms with Crippen molar-refractivity contribution in [3.63, 3.8) is 0 Å². The first kappa shape index (κ1) is 22.9. The number of benzene rings is 2. The zero-order valence-corrected chi connectivity index (χ0v) is 19.0. The van der Waals surface area contributed by atoms with Crippen molar-refractivity contribution >= 4 is 22.1 Å². The molecule has 2 aromatic carbocycles. The third kappa shape index (κ3) is 5.97. The van der Waals surface area contributed by atoms with Crippen molar-refractivity contribution in [3.8, 4) is 11.5 Å². The van der Waals surface area contributed by atoms with Crippen LogP contribution < -0.4 is 0 Å². The van der Waals surface area contributed by atoms with Crippen molar-refractivity contribution in [1.82, 2.24) is 9.29 Å². The van der Waals surface area contributed by atoms with Crippen LogP contribution in [0.25, 0.3) is 17.5 Å². The zero-order chi connectivity index (χ0) is 23.1. The van der Waals surface area contributed by atoms with E-state index in [4.69, 9.17) is 9.15 Å². The summed E-state index contributed by atoms with van der Waals surface area (Å²) in [6.45, 7) is 1.12. The molecule has 0 spiro atoms. The summed E-state index contributed by atoms with van der Waals surface area (Å²) >= 11 is 0. The molecule has 2 heterocycles. The molecule has 1 fully saturated rings. The zero-order valence-electron chi connectivity index (χ0n) is 18.2. The Bertz CT molecular complexity index is 1190. The summed E-state index contributed by atoms with van der Waals surface area (Å²) in [6, 6.07) is 16.0. The molecule has 8 heteroatoms. The lowest BCUT2D eigenvalue weighted by molar-refractivity contribution is -0.139. The molecule has 0 saturated carbocycles. The summed E-state index contributed by atoms with van der Waals surface area (Å²) in [4.78, 5) is 16.6. The predicted octanol–water partition coefficient (Wildman–Crippen LogP) is 4.66. The molecule has 1 aliphatic heterocycles. The maximum atomic E-state index is 12.8. The number of esters is 1. The standard InChI is InChI=1S/C25H26N2O5S/c28-24(31-18-22-19-32-25(26-22)21-8-4-3-5-9-21)15-12-20-10-13-23(14-11-20)33(29,30)27-16-6-1-2-7-17-27/h3-5,8-15,19H,1-2,6-7,16-18H2/b15-12+. The van der Waals surface area contributed by atoms with Gasteiger partial charge in [-0.2, -0.15) is 4.31 Å². The molecule has 0 bridgehead atoms. The van der Waals surface area contributed by atoms with Gasteiger partial charge in [0, 0.05) is 24.7 Å². The summed E-state index contributed by atoms with van der Waals surface area (Å²) < 4.78 is 37.9. The van der Waals surface area contributed by atoms with Gasteiger partial charge in [-0.15, -0.1) is 0 Å². The van der Waals surface area contributed by atoms with Gasteiger partial charge in [0.15, 0.2) is 0 Å². The van der Waals surface area contributed by atoms with Crippen molar-refractivity contribution in [1.29, 1.82) is 0 Å². The van der Waals surface area contributed by atoms with E-state index >= 15 is 0 Å². The predicted molar refractivity (Wildman–Crippen MR) is 124 cm³/mol. The maximum absolute atomic E-state index is 12.8. The average molecular weight is 467 g/mol. The summed E-state index contributed by atoms with van der Waals surface area (Å²) in [5.41, 5.74) is 2.06. The molecular formula is C25H26N2O5S. The molecule has 3 aromatic rings. The van der Waals surface area contributed by atoms with Crippen LogP contribution >= 0.6 is 0 Å². The minimum atomic E-state index is -3.49. The first-order valence-electron chi connectivity index (χ1n) is 11.0. The summed E-state index contributed by atoms with van der Waals surface area (Å²) in [7, 11) is -3.49. The number of rotatable bonds is 7. The van der Waals surface area contributed by atoms with Gasteiger partial charge in [0.2, 0.25) is 15.9 Å². The van der Waals surface area contributed by atoms with E-state index in [2.05, 4.69) is 4.98 Å². The number of hydrogen-bond donors (Lipinski definition) is 0. The summed E-state index contributed by atoms with van der Waals surface area (Å²) in [5.74, 6) is -0.0621. The van der Waals surface area contributed by atoms with Crippen molar-refractivity contribution in [3.05, 3.63) is 78.2 Å². The number of carbonyl (C=O) groups is 1. The van der Waals surface area contributed by atoms with Gasteiger partial charge in [0.1, 0.15) is 18.6 Å². The number of nitrogens with zero attached hydrogens (tertiary/aromatic N) is 2. The summed E-state index contributed by atoms with van der Waals surface area (Å²) in [5, 5.41) is 0. The van der Waals surface area contributed by atoms with Gasteiger partial charge in [-0.3, -0.25) is 0 Å². The first-order chi connectivity index (χ1) is 16.0. The smallest absolute Gasteiger partial charge is 0.331 e. The highest BCUT2D eigenvalue weighted by atomic mass is 32.2. The van der Waals surface area contributed by atoms with Crippen molar-refractivity contribution in [2.45, 2.75) is 37.2 Å². The summed E-state index contributed by atoms with van der Waals surface area (Å²) in [6.07, 6.45) is 8.27. The number of sulfonamides is 1. The molecule has 1 aliphatic rings. The highest BCUT2D eigenvalue weighted by Crippen LogP contribution is 2.21. The van der Waals surface area contributed by atoms with Crippen molar-refractivity contribution in [2.24, 2.45) is 0 Å². The molecule has 0 amide bonds. The fraction of sp³-hybridized carbons (Fsp3) is 0.280. The highest BCUT2D eigenvalue weighted by Gasteiger charge is 2.24. The van der Waals surface area contributed by atoms with Crippen LogP contribution in [0.2, 0.25) is 0 Å². The number of carbonyl (C=O) groups excluding carboxylic acids is 1. The minimum Gasteiger partial charge on any atom is -0.456 e. The van der Waals surface area contributed by atoms with Gasteiger partial charge in [0.25, 0.3) is 0 Å². The molecule has 1 saturated heterocycles. The second kappa shape index (κ2) is 10.6. The molecule has 0 atom stereocenters. The lowest BCUT2D eigenvalue weighted by Crippen LogP contribution is -2.31. The van der Waals surface area contributed by atoms with Gasteiger partial charge in [0.05, 0.1) is 4.90 Å². The normalized spacial score (nSPS) is 15.4.